The zero-order valence-corrected chi connectivity index (χ0v) is 57.6. The van der Waals surface area contributed by atoms with Gasteiger partial charge in [-0.3, -0.25) is 0 Å². The normalized spacial score (nSPS) is 9.16. The molecule has 1 aromatic heterocycles. The summed E-state index contributed by atoms with van der Waals surface area (Å²) in [7, 11) is 11.5. The predicted octanol–water partition coefficient (Wildman–Crippen LogP) is 19.9. The second-order valence-electron chi connectivity index (χ2n) is 17.6. The fourth-order valence-electron chi connectivity index (χ4n) is 7.31. The number of para-hydroxylation sites is 2. The monoisotopic (exact) mass is 1220 g/mol. The zero-order chi connectivity index (χ0) is 66.1. The number of hydrogen-bond acceptors (Lipinski definition) is 13. The van der Waals surface area contributed by atoms with E-state index in [0.717, 1.165) is 103 Å². The zero-order valence-electron chi connectivity index (χ0n) is 56.7. The molecule has 0 aliphatic heterocycles. The van der Waals surface area contributed by atoms with Gasteiger partial charge in [-0.05, 0) is 149 Å². The Morgan fingerprint density at radius 1 is 0.295 bits per heavy atom. The highest BCUT2D eigenvalue weighted by Gasteiger charge is 2.07. The van der Waals surface area contributed by atoms with Gasteiger partial charge in [-0.2, -0.15) is 0 Å². The summed E-state index contributed by atoms with van der Waals surface area (Å²) in [5, 5.41) is 0. The molecule has 0 saturated carbocycles. The first-order chi connectivity index (χ1) is 42.7. The first-order valence-electron chi connectivity index (χ1n) is 29.7. The summed E-state index contributed by atoms with van der Waals surface area (Å²) < 4.78 is 47.3. The highest BCUT2D eigenvalue weighted by Crippen LogP contribution is 2.30. The van der Waals surface area contributed by atoms with Crippen molar-refractivity contribution >= 4 is 11.8 Å². The van der Waals surface area contributed by atoms with E-state index in [1.165, 1.54) is 9.79 Å². The molecule has 9 rings (SSSR count). The topological polar surface area (TPSA) is 122 Å². The van der Waals surface area contributed by atoms with Crippen molar-refractivity contribution in [3.8, 4) is 51.7 Å². The molecule has 88 heavy (non-hydrogen) atoms. The number of rotatable bonds is 15. The maximum atomic E-state index is 5.73. The number of benzene rings is 8. The molecular formula is C75H101N3O9S. The van der Waals surface area contributed by atoms with Crippen LogP contribution in [0.5, 0.6) is 51.7 Å². The van der Waals surface area contributed by atoms with E-state index in [9.17, 15) is 0 Å². The molecule has 476 valence electrons. The minimum absolute atomic E-state index is 0.573. The SMILES string of the molecule is CC.CC.CC.CC.COc1cc(C)c(OC)cc1C.COc1cc(C)cc(OC)c1C.COc1cc(OC)cc(OC)c1.Cc1nc(C)nc(C)n1.c1ccc(OCc2ccc(COc3ccccc3)cc2)cc1.c1ccc(Sc2ccccc2)cc1. The van der Waals surface area contributed by atoms with Gasteiger partial charge in [0.2, 0.25) is 0 Å². The maximum Gasteiger partial charge on any atom is 0.129 e. The molecule has 13 heteroatoms. The minimum Gasteiger partial charge on any atom is -0.496 e. The van der Waals surface area contributed by atoms with Crippen molar-refractivity contribution in [3.05, 3.63) is 239 Å². The Balaban J connectivity index is 0.00000103. The van der Waals surface area contributed by atoms with Gasteiger partial charge in [0.05, 0.1) is 49.8 Å². The smallest absolute Gasteiger partial charge is 0.129 e. The maximum absolute atomic E-state index is 5.73. The van der Waals surface area contributed by atoms with Gasteiger partial charge in [0.15, 0.2) is 0 Å². The Labute approximate surface area is 534 Å². The van der Waals surface area contributed by atoms with Gasteiger partial charge in [0.25, 0.3) is 0 Å². The van der Waals surface area contributed by atoms with Gasteiger partial charge in [-0.1, -0.05) is 164 Å². The molecule has 0 fully saturated rings. The van der Waals surface area contributed by atoms with Crippen molar-refractivity contribution in [2.45, 2.75) is 127 Å². The van der Waals surface area contributed by atoms with Crippen molar-refractivity contribution in [1.29, 1.82) is 0 Å². The minimum atomic E-state index is 0.573. The second-order valence-corrected chi connectivity index (χ2v) is 18.7. The van der Waals surface area contributed by atoms with Gasteiger partial charge in [-0.25, -0.2) is 15.0 Å². The van der Waals surface area contributed by atoms with E-state index < -0.39 is 0 Å². The van der Waals surface area contributed by atoms with Crippen LogP contribution < -0.4 is 42.6 Å². The molecular weight excluding hydrogens is 1120 g/mol. The summed E-state index contributed by atoms with van der Waals surface area (Å²) >= 11 is 1.79. The molecule has 0 bridgehead atoms. The lowest BCUT2D eigenvalue weighted by molar-refractivity contribution is 0.302. The summed E-state index contributed by atoms with van der Waals surface area (Å²) in [6.45, 7) is 30.7. The standard InChI is InChI=1S/C20H18O2.C12H10S.2C10H14O2.C9H12O3.C6H9N3.4C2H6/c1-3-7-19(8-4-1)21-15-17-11-13-18(14-12-17)16-22-20-9-5-2-6-10-20;1-3-7-11(8-4-1)13-12-9-5-2-6-10-12;1-7-5-10(12-4)8(2)6-9(7)11-3;1-7-5-9(11-3)8(2)10(6-7)12-4;1-10-7-4-8(11-2)6-9(5-7)12-3;1-4-7-5(2)9-6(3)8-4;4*1-2/h1-14H,15-16H2;1-10H;2*5-6H,1-4H3;4-6H,1-3H3;1-3H3;4*1-2H3. The Morgan fingerprint density at radius 3 is 0.830 bits per heavy atom. The van der Waals surface area contributed by atoms with E-state index >= 15 is 0 Å². The van der Waals surface area contributed by atoms with Crippen LogP contribution in [-0.4, -0.2) is 64.7 Å². The van der Waals surface area contributed by atoms with Crippen molar-refractivity contribution in [2.75, 3.05) is 49.8 Å². The molecule has 0 N–H and O–H groups in total. The van der Waals surface area contributed by atoms with Gasteiger partial charge in [0.1, 0.15) is 82.4 Å². The van der Waals surface area contributed by atoms with E-state index in [1.54, 1.807) is 79.7 Å². The van der Waals surface area contributed by atoms with Gasteiger partial charge in [0, 0.05) is 33.6 Å². The highest BCUT2D eigenvalue weighted by molar-refractivity contribution is 7.99. The molecule has 1 heterocycles. The summed E-state index contributed by atoms with van der Waals surface area (Å²) in [5.41, 5.74) is 6.68. The van der Waals surface area contributed by atoms with Crippen LogP contribution >= 0.6 is 11.8 Å². The van der Waals surface area contributed by atoms with Crippen molar-refractivity contribution in [2.24, 2.45) is 0 Å². The van der Waals surface area contributed by atoms with Crippen LogP contribution in [-0.2, 0) is 13.2 Å². The van der Waals surface area contributed by atoms with Crippen LogP contribution in [0.1, 0.15) is 106 Å². The number of hydrogen-bond donors (Lipinski definition) is 0. The Morgan fingerprint density at radius 2 is 0.568 bits per heavy atom. The van der Waals surface area contributed by atoms with Crippen molar-refractivity contribution in [3.63, 3.8) is 0 Å². The number of ether oxygens (including phenoxy) is 9. The first kappa shape index (κ1) is 79.3. The quantitative estimate of drug-likeness (QED) is 0.0969. The molecule has 0 atom stereocenters. The van der Waals surface area contributed by atoms with Crippen LogP contribution in [0.2, 0.25) is 0 Å². The average molecular weight is 1220 g/mol. The van der Waals surface area contributed by atoms with Crippen LogP contribution in [0.4, 0.5) is 0 Å². The molecule has 8 aromatic carbocycles. The number of nitrogens with zero attached hydrogens (tertiary/aromatic N) is 3. The highest BCUT2D eigenvalue weighted by atomic mass is 32.2. The second kappa shape index (κ2) is 49.4. The molecule has 0 spiro atoms. The van der Waals surface area contributed by atoms with E-state index in [4.69, 9.17) is 42.6 Å². The van der Waals surface area contributed by atoms with E-state index in [2.05, 4.69) is 87.7 Å². The Hall–Kier alpha value is -8.68. The van der Waals surface area contributed by atoms with Crippen LogP contribution in [0.15, 0.2) is 198 Å². The van der Waals surface area contributed by atoms with Crippen LogP contribution in [0.25, 0.3) is 0 Å². The number of aryl methyl sites for hydroxylation is 6. The summed E-state index contributed by atoms with van der Waals surface area (Å²) in [5.74, 6) is 9.92. The molecule has 0 aliphatic carbocycles. The van der Waals surface area contributed by atoms with E-state index in [1.807, 2.05) is 201 Å². The largest absolute Gasteiger partial charge is 0.496 e. The fourth-order valence-corrected chi connectivity index (χ4v) is 8.17. The number of aromatic nitrogens is 3. The first-order valence-corrected chi connectivity index (χ1v) is 30.6. The van der Waals surface area contributed by atoms with Crippen molar-refractivity contribution in [1.82, 2.24) is 15.0 Å². The van der Waals surface area contributed by atoms with Crippen molar-refractivity contribution < 1.29 is 42.6 Å². The number of methoxy groups -OCH3 is 7. The third kappa shape index (κ3) is 32.7. The van der Waals surface area contributed by atoms with Crippen LogP contribution in [0, 0.1) is 48.5 Å². The Kier molecular flexibility index (Phi) is 44.6. The van der Waals surface area contributed by atoms with E-state index in [0.29, 0.717) is 13.2 Å². The molecule has 0 radical (unpaired) electrons. The average Bonchev–Trinajstić information content (AvgIpc) is 3.75. The summed E-state index contributed by atoms with van der Waals surface area (Å²) in [6.07, 6.45) is 0. The molecule has 0 unspecified atom stereocenters. The Bertz CT molecular complexity index is 2890. The summed E-state index contributed by atoms with van der Waals surface area (Å²) in [4.78, 5) is 14.6. The van der Waals surface area contributed by atoms with E-state index in [-0.39, 0.29) is 0 Å². The molecule has 9 aromatic rings. The van der Waals surface area contributed by atoms with Gasteiger partial charge < -0.3 is 42.6 Å². The molecule has 12 nitrogen and oxygen atoms in total. The molecule has 0 amide bonds. The predicted molar refractivity (Wildman–Crippen MR) is 369 cm³/mol. The summed E-state index contributed by atoms with van der Waals surface area (Å²) in [6, 6.07) is 62.1. The van der Waals surface area contributed by atoms with Gasteiger partial charge >= 0.3 is 0 Å². The van der Waals surface area contributed by atoms with Gasteiger partial charge in [-0.15, -0.1) is 0 Å². The van der Waals surface area contributed by atoms with Crippen LogP contribution in [0.3, 0.4) is 0 Å². The third-order valence-corrected chi connectivity index (χ3v) is 12.4. The molecule has 0 aliphatic rings. The lowest BCUT2D eigenvalue weighted by Gasteiger charge is -2.10. The third-order valence-electron chi connectivity index (χ3n) is 11.4. The molecule has 0 saturated heterocycles. The lowest BCUT2D eigenvalue weighted by atomic mass is 10.1. The lowest BCUT2D eigenvalue weighted by Crippen LogP contribution is -1.98. The fraction of sp³-hybridized carbons (Fsp3) is 0.320.